The number of nitrogens with one attached hydrogen (secondary N) is 1. The zero-order valence-corrected chi connectivity index (χ0v) is 19.5. The molecule has 1 aromatic carbocycles. The highest BCUT2D eigenvalue weighted by molar-refractivity contribution is 7.22. The van der Waals surface area contributed by atoms with Gasteiger partial charge in [0.25, 0.3) is 0 Å². The molecule has 1 aliphatic rings. The highest BCUT2D eigenvalue weighted by atomic mass is 32.1. The number of benzene rings is 1. The van der Waals surface area contributed by atoms with E-state index < -0.39 is 0 Å². The second kappa shape index (κ2) is 11.5. The van der Waals surface area contributed by atoms with Gasteiger partial charge in [0, 0.05) is 25.6 Å². The van der Waals surface area contributed by atoms with E-state index >= 15 is 0 Å². The molecule has 7 heteroatoms. The molecule has 0 bridgehead atoms. The van der Waals surface area contributed by atoms with Crippen LogP contribution in [-0.4, -0.2) is 62.2 Å². The highest BCUT2D eigenvalue weighted by Gasteiger charge is 2.26. The van der Waals surface area contributed by atoms with Crippen molar-refractivity contribution in [1.82, 2.24) is 15.2 Å². The summed E-state index contributed by atoms with van der Waals surface area (Å²) in [5.74, 6) is 1.24. The van der Waals surface area contributed by atoms with E-state index in [2.05, 4.69) is 35.2 Å². The summed E-state index contributed by atoms with van der Waals surface area (Å²) in [4.78, 5) is 22.0. The summed E-state index contributed by atoms with van der Waals surface area (Å²) < 4.78 is 6.75. The standard InChI is InChI=1S/C23H36N4O2S/c1-4-6-13-26(3)14-7-12-24-22(28)18-10-15-27(16-11-18)23-25-20-9-8-19(29-5-2)17-21(20)30-23/h8-9,17-18H,4-7,10-16H2,1-3H3,(H,24,28). The van der Waals surface area contributed by atoms with Gasteiger partial charge in [0.05, 0.1) is 16.8 Å². The molecule has 0 spiro atoms. The van der Waals surface area contributed by atoms with E-state index in [1.54, 1.807) is 11.3 Å². The summed E-state index contributed by atoms with van der Waals surface area (Å²) in [7, 11) is 2.16. The Balaban J connectivity index is 1.42. The minimum Gasteiger partial charge on any atom is -0.494 e. The van der Waals surface area contributed by atoms with Crippen molar-refractivity contribution in [3.63, 3.8) is 0 Å². The van der Waals surface area contributed by atoms with Crippen molar-refractivity contribution in [3.05, 3.63) is 18.2 Å². The quantitative estimate of drug-likeness (QED) is 0.541. The van der Waals surface area contributed by atoms with E-state index in [0.29, 0.717) is 6.61 Å². The first kappa shape index (κ1) is 22.8. The van der Waals surface area contributed by atoms with Crippen molar-refractivity contribution < 1.29 is 9.53 Å². The highest BCUT2D eigenvalue weighted by Crippen LogP contribution is 2.33. The number of carbonyl (C=O) groups excluding carboxylic acids is 1. The zero-order valence-electron chi connectivity index (χ0n) is 18.7. The molecule has 0 unspecified atom stereocenters. The van der Waals surface area contributed by atoms with Gasteiger partial charge in [0.1, 0.15) is 5.75 Å². The first-order valence-corrected chi connectivity index (χ1v) is 12.2. The van der Waals surface area contributed by atoms with Crippen LogP contribution in [0.15, 0.2) is 18.2 Å². The maximum Gasteiger partial charge on any atom is 0.223 e. The normalized spacial score (nSPS) is 15.1. The number of hydrogen-bond donors (Lipinski definition) is 1. The minimum atomic E-state index is 0.123. The fourth-order valence-corrected chi connectivity index (χ4v) is 4.91. The van der Waals surface area contributed by atoms with E-state index in [0.717, 1.165) is 73.1 Å². The molecule has 6 nitrogen and oxygen atoms in total. The van der Waals surface area contributed by atoms with Crippen LogP contribution in [0.5, 0.6) is 5.75 Å². The largest absolute Gasteiger partial charge is 0.494 e. The average Bonchev–Trinajstić information content (AvgIpc) is 3.19. The van der Waals surface area contributed by atoms with Gasteiger partial charge in [0.15, 0.2) is 5.13 Å². The monoisotopic (exact) mass is 432 g/mol. The first-order valence-electron chi connectivity index (χ1n) is 11.3. The maximum absolute atomic E-state index is 12.5. The van der Waals surface area contributed by atoms with Gasteiger partial charge in [0.2, 0.25) is 5.91 Å². The number of rotatable bonds is 11. The lowest BCUT2D eigenvalue weighted by molar-refractivity contribution is -0.125. The molecule has 0 saturated carbocycles. The van der Waals surface area contributed by atoms with Crippen LogP contribution < -0.4 is 15.0 Å². The number of ether oxygens (including phenoxy) is 1. The second-order valence-electron chi connectivity index (χ2n) is 8.12. The molecule has 30 heavy (non-hydrogen) atoms. The number of fused-ring (bicyclic) bond motifs is 1. The molecule has 0 radical (unpaired) electrons. The Morgan fingerprint density at radius 1 is 1.27 bits per heavy atom. The van der Waals surface area contributed by atoms with Crippen molar-refractivity contribution in [3.8, 4) is 5.75 Å². The van der Waals surface area contributed by atoms with Crippen LogP contribution in [0.1, 0.15) is 46.0 Å². The van der Waals surface area contributed by atoms with Crippen molar-refractivity contribution in [2.75, 3.05) is 51.3 Å². The van der Waals surface area contributed by atoms with E-state index in [-0.39, 0.29) is 11.8 Å². The van der Waals surface area contributed by atoms with Crippen LogP contribution in [0.25, 0.3) is 10.2 Å². The Morgan fingerprint density at radius 2 is 2.03 bits per heavy atom. The van der Waals surface area contributed by atoms with Crippen molar-refractivity contribution >= 4 is 32.6 Å². The van der Waals surface area contributed by atoms with Crippen molar-refractivity contribution in [1.29, 1.82) is 0 Å². The SMILES string of the molecule is CCCCN(C)CCCNC(=O)C1CCN(c2nc3ccc(OCC)cc3s2)CC1. The van der Waals surface area contributed by atoms with Crippen molar-refractivity contribution in [2.24, 2.45) is 5.92 Å². The molecule has 166 valence electrons. The van der Waals surface area contributed by atoms with E-state index in [4.69, 9.17) is 9.72 Å². The summed E-state index contributed by atoms with van der Waals surface area (Å²) in [6, 6.07) is 6.08. The smallest absolute Gasteiger partial charge is 0.223 e. The fourth-order valence-electron chi connectivity index (χ4n) is 3.86. The van der Waals surface area contributed by atoms with Crippen LogP contribution in [-0.2, 0) is 4.79 Å². The van der Waals surface area contributed by atoms with Gasteiger partial charge in [-0.15, -0.1) is 0 Å². The maximum atomic E-state index is 12.5. The number of hydrogen-bond acceptors (Lipinski definition) is 6. The number of thiazole rings is 1. The molecule has 3 rings (SSSR count). The van der Waals surface area contributed by atoms with E-state index in [9.17, 15) is 4.79 Å². The molecular weight excluding hydrogens is 396 g/mol. The molecule has 1 fully saturated rings. The predicted molar refractivity (Wildman–Crippen MR) is 126 cm³/mol. The van der Waals surface area contributed by atoms with Gasteiger partial charge in [-0.25, -0.2) is 4.98 Å². The summed E-state index contributed by atoms with van der Waals surface area (Å²) in [5, 5.41) is 4.20. The summed E-state index contributed by atoms with van der Waals surface area (Å²) >= 11 is 1.71. The molecule has 0 atom stereocenters. The molecule has 1 amide bonds. The van der Waals surface area contributed by atoms with Gasteiger partial charge in [-0.3, -0.25) is 4.79 Å². The van der Waals surface area contributed by atoms with Crippen LogP contribution in [0, 0.1) is 5.92 Å². The van der Waals surface area contributed by atoms with Gasteiger partial charge >= 0.3 is 0 Å². The van der Waals surface area contributed by atoms with Gasteiger partial charge in [-0.05, 0) is 70.9 Å². The van der Waals surface area contributed by atoms with Crippen molar-refractivity contribution in [2.45, 2.75) is 46.0 Å². The molecule has 1 N–H and O–H groups in total. The molecule has 2 aromatic rings. The lowest BCUT2D eigenvalue weighted by Gasteiger charge is -2.31. The lowest BCUT2D eigenvalue weighted by Crippen LogP contribution is -2.41. The van der Waals surface area contributed by atoms with E-state index in [1.807, 2.05) is 19.1 Å². The Kier molecular flexibility index (Phi) is 8.75. The van der Waals surface area contributed by atoms with Gasteiger partial charge < -0.3 is 19.9 Å². The topological polar surface area (TPSA) is 57.7 Å². The van der Waals surface area contributed by atoms with Gasteiger partial charge in [-0.2, -0.15) is 0 Å². The molecular formula is C23H36N4O2S. The summed E-state index contributed by atoms with van der Waals surface area (Å²) in [5.41, 5.74) is 1.02. The molecule has 1 aliphatic heterocycles. The number of anilines is 1. The number of aromatic nitrogens is 1. The Labute approximate surface area is 184 Å². The lowest BCUT2D eigenvalue weighted by atomic mass is 9.96. The second-order valence-corrected chi connectivity index (χ2v) is 9.13. The fraction of sp³-hybridized carbons (Fsp3) is 0.652. The third kappa shape index (κ3) is 6.32. The number of unbranched alkanes of at least 4 members (excludes halogenated alkanes) is 1. The Bertz CT molecular complexity index is 802. The molecule has 1 saturated heterocycles. The minimum absolute atomic E-state index is 0.123. The Morgan fingerprint density at radius 3 is 2.77 bits per heavy atom. The summed E-state index contributed by atoms with van der Waals surface area (Å²) in [6.45, 7) is 9.61. The third-order valence-electron chi connectivity index (χ3n) is 5.71. The number of nitrogens with zero attached hydrogens (tertiary/aromatic N) is 3. The van der Waals surface area contributed by atoms with Crippen LogP contribution >= 0.6 is 11.3 Å². The van der Waals surface area contributed by atoms with Crippen LogP contribution in [0.2, 0.25) is 0 Å². The average molecular weight is 433 g/mol. The Hall–Kier alpha value is -1.86. The van der Waals surface area contributed by atoms with Gasteiger partial charge in [-0.1, -0.05) is 24.7 Å². The van der Waals surface area contributed by atoms with E-state index in [1.165, 1.54) is 12.8 Å². The molecule has 2 heterocycles. The predicted octanol–water partition coefficient (Wildman–Crippen LogP) is 4.15. The molecule has 0 aliphatic carbocycles. The third-order valence-corrected chi connectivity index (χ3v) is 6.78. The van der Waals surface area contributed by atoms with Crippen LogP contribution in [0.4, 0.5) is 5.13 Å². The number of piperidine rings is 1. The summed E-state index contributed by atoms with van der Waals surface area (Å²) in [6.07, 6.45) is 5.26. The zero-order chi connectivity index (χ0) is 21.3. The number of amides is 1. The van der Waals surface area contributed by atoms with Crippen LogP contribution in [0.3, 0.4) is 0 Å². The molecule has 1 aromatic heterocycles. The number of carbonyl (C=O) groups is 1. The first-order chi connectivity index (χ1) is 14.6.